The Morgan fingerprint density at radius 1 is 1.38 bits per heavy atom. The molecule has 2 nitrogen and oxygen atoms in total. The minimum Gasteiger partial charge on any atom is -0.360 e. The molecule has 2 aliphatic rings. The zero-order chi connectivity index (χ0) is 9.26. The second-order valence-corrected chi connectivity index (χ2v) is 4.80. The zero-order valence-electron chi connectivity index (χ0n) is 8.25. The molecule has 2 fully saturated rings. The molecule has 1 saturated carbocycles. The van der Waals surface area contributed by atoms with Crippen LogP contribution in [0.1, 0.15) is 32.6 Å². The van der Waals surface area contributed by atoms with Gasteiger partial charge in [0, 0.05) is 19.1 Å². The van der Waals surface area contributed by atoms with Gasteiger partial charge in [-0.15, -0.1) is 0 Å². The molecular weight excluding hydrogens is 180 g/mol. The highest BCUT2D eigenvalue weighted by atomic mass is 32.1. The maximum absolute atomic E-state index is 5.36. The van der Waals surface area contributed by atoms with Crippen LogP contribution in [0.5, 0.6) is 0 Å². The van der Waals surface area contributed by atoms with E-state index in [0.29, 0.717) is 6.04 Å². The second-order valence-electron chi connectivity index (χ2n) is 4.42. The van der Waals surface area contributed by atoms with Gasteiger partial charge in [0.2, 0.25) is 0 Å². The van der Waals surface area contributed by atoms with Gasteiger partial charge in [-0.25, -0.2) is 0 Å². The summed E-state index contributed by atoms with van der Waals surface area (Å²) in [7, 11) is 0. The number of hydrogen-bond acceptors (Lipinski definition) is 1. The summed E-state index contributed by atoms with van der Waals surface area (Å²) in [4.78, 5) is 2.34. The number of rotatable bonds is 1. The number of piperidine rings is 1. The largest absolute Gasteiger partial charge is 0.360 e. The molecule has 0 spiro atoms. The van der Waals surface area contributed by atoms with E-state index in [1.165, 1.54) is 25.7 Å². The molecule has 1 saturated heterocycles. The SMILES string of the molecule is C[C@H]1CCCN(C(=S)NC2CC2)C1. The first-order chi connectivity index (χ1) is 6.25. The Bertz CT molecular complexity index is 201. The number of nitrogens with one attached hydrogen (secondary N) is 1. The van der Waals surface area contributed by atoms with Crippen LogP contribution in [0.2, 0.25) is 0 Å². The molecule has 1 aliphatic heterocycles. The van der Waals surface area contributed by atoms with E-state index in [4.69, 9.17) is 12.2 Å². The van der Waals surface area contributed by atoms with Crippen LogP contribution in [-0.4, -0.2) is 29.1 Å². The molecule has 0 aromatic carbocycles. The Hall–Kier alpha value is -0.310. The van der Waals surface area contributed by atoms with E-state index >= 15 is 0 Å². The highest BCUT2D eigenvalue weighted by Gasteiger charge is 2.25. The van der Waals surface area contributed by atoms with Crippen molar-refractivity contribution in [3.05, 3.63) is 0 Å². The van der Waals surface area contributed by atoms with Crippen LogP contribution in [0, 0.1) is 5.92 Å². The maximum atomic E-state index is 5.36. The standard InChI is InChI=1S/C10H18N2S/c1-8-3-2-6-12(7-8)10(13)11-9-4-5-9/h8-9H,2-7H2,1H3,(H,11,13)/t8-/m0/s1. The quantitative estimate of drug-likeness (QED) is 0.646. The third kappa shape index (κ3) is 2.56. The molecule has 3 heteroatoms. The van der Waals surface area contributed by atoms with Crippen molar-refractivity contribution < 1.29 is 0 Å². The van der Waals surface area contributed by atoms with Crippen molar-refractivity contribution in [3.8, 4) is 0 Å². The molecule has 13 heavy (non-hydrogen) atoms. The predicted molar refractivity (Wildman–Crippen MR) is 58.7 cm³/mol. The summed E-state index contributed by atoms with van der Waals surface area (Å²) < 4.78 is 0. The van der Waals surface area contributed by atoms with Crippen molar-refractivity contribution in [1.82, 2.24) is 10.2 Å². The monoisotopic (exact) mass is 198 g/mol. The van der Waals surface area contributed by atoms with Crippen molar-refractivity contribution >= 4 is 17.3 Å². The second kappa shape index (κ2) is 3.82. The summed E-state index contributed by atoms with van der Waals surface area (Å²) in [5.74, 6) is 0.813. The van der Waals surface area contributed by atoms with E-state index in [1.54, 1.807) is 0 Å². The van der Waals surface area contributed by atoms with Gasteiger partial charge in [-0.3, -0.25) is 0 Å². The Labute approximate surface area is 85.7 Å². The lowest BCUT2D eigenvalue weighted by Crippen LogP contribution is -2.45. The Morgan fingerprint density at radius 3 is 2.77 bits per heavy atom. The molecule has 74 valence electrons. The Morgan fingerprint density at radius 2 is 2.15 bits per heavy atom. The van der Waals surface area contributed by atoms with Gasteiger partial charge in [0.25, 0.3) is 0 Å². The van der Waals surface area contributed by atoms with Gasteiger partial charge in [-0.1, -0.05) is 6.92 Å². The first kappa shape index (κ1) is 9.25. The smallest absolute Gasteiger partial charge is 0.169 e. The summed E-state index contributed by atoms with van der Waals surface area (Å²) in [5, 5.41) is 4.40. The van der Waals surface area contributed by atoms with E-state index in [9.17, 15) is 0 Å². The Kier molecular flexibility index (Phi) is 2.72. The van der Waals surface area contributed by atoms with E-state index in [2.05, 4.69) is 17.1 Å². The van der Waals surface area contributed by atoms with Gasteiger partial charge in [0.05, 0.1) is 0 Å². The lowest BCUT2D eigenvalue weighted by Gasteiger charge is -2.33. The van der Waals surface area contributed by atoms with Crippen LogP contribution in [0.3, 0.4) is 0 Å². The van der Waals surface area contributed by atoms with Crippen LogP contribution >= 0.6 is 12.2 Å². The van der Waals surface area contributed by atoms with Gasteiger partial charge in [0.1, 0.15) is 0 Å². The molecule has 0 aromatic rings. The summed E-state index contributed by atoms with van der Waals surface area (Å²) in [6.07, 6.45) is 5.28. The first-order valence-electron chi connectivity index (χ1n) is 5.31. The summed E-state index contributed by atoms with van der Waals surface area (Å²) in [6.45, 7) is 4.62. The minimum atomic E-state index is 0.699. The van der Waals surface area contributed by atoms with E-state index < -0.39 is 0 Å². The molecule has 1 heterocycles. The molecule has 0 aromatic heterocycles. The molecule has 1 N–H and O–H groups in total. The Balaban J connectivity index is 1.80. The van der Waals surface area contributed by atoms with Gasteiger partial charge >= 0.3 is 0 Å². The molecule has 1 atom stereocenters. The first-order valence-corrected chi connectivity index (χ1v) is 5.72. The summed E-state index contributed by atoms with van der Waals surface area (Å²) >= 11 is 5.36. The highest BCUT2D eigenvalue weighted by molar-refractivity contribution is 7.80. The van der Waals surface area contributed by atoms with Crippen LogP contribution in [0.25, 0.3) is 0 Å². The number of likely N-dealkylation sites (tertiary alicyclic amines) is 1. The average Bonchev–Trinajstić information content (AvgIpc) is 2.88. The molecule has 0 amide bonds. The summed E-state index contributed by atoms with van der Waals surface area (Å²) in [5.41, 5.74) is 0. The molecule has 1 aliphatic carbocycles. The number of nitrogens with zero attached hydrogens (tertiary/aromatic N) is 1. The molecule has 2 rings (SSSR count). The van der Waals surface area contributed by atoms with Crippen molar-refractivity contribution in [2.24, 2.45) is 5.92 Å². The van der Waals surface area contributed by atoms with Crippen LogP contribution < -0.4 is 5.32 Å². The van der Waals surface area contributed by atoms with Crippen LogP contribution in [0.15, 0.2) is 0 Å². The van der Waals surface area contributed by atoms with Crippen molar-refractivity contribution in [1.29, 1.82) is 0 Å². The van der Waals surface area contributed by atoms with Gasteiger partial charge in [-0.2, -0.15) is 0 Å². The lowest BCUT2D eigenvalue weighted by atomic mass is 10.0. The fraction of sp³-hybridized carbons (Fsp3) is 0.900. The van der Waals surface area contributed by atoms with Crippen molar-refractivity contribution in [2.75, 3.05) is 13.1 Å². The van der Waals surface area contributed by atoms with Gasteiger partial charge < -0.3 is 10.2 Å². The van der Waals surface area contributed by atoms with Gasteiger partial charge in [0.15, 0.2) is 5.11 Å². The predicted octanol–water partition coefficient (Wildman–Crippen LogP) is 1.76. The van der Waals surface area contributed by atoms with E-state index in [-0.39, 0.29) is 0 Å². The number of thiocarbonyl (C=S) groups is 1. The fourth-order valence-corrected chi connectivity index (χ4v) is 2.20. The van der Waals surface area contributed by atoms with Crippen molar-refractivity contribution in [3.63, 3.8) is 0 Å². The average molecular weight is 198 g/mol. The molecule has 0 bridgehead atoms. The normalized spacial score (nSPS) is 28.7. The molecule has 0 radical (unpaired) electrons. The minimum absolute atomic E-state index is 0.699. The van der Waals surface area contributed by atoms with E-state index in [0.717, 1.165) is 24.1 Å². The number of hydrogen-bond donors (Lipinski definition) is 1. The third-order valence-electron chi connectivity index (χ3n) is 2.85. The van der Waals surface area contributed by atoms with Crippen LogP contribution in [0.4, 0.5) is 0 Å². The van der Waals surface area contributed by atoms with Gasteiger partial charge in [-0.05, 0) is 43.8 Å². The summed E-state index contributed by atoms with van der Waals surface area (Å²) in [6, 6.07) is 0.699. The fourth-order valence-electron chi connectivity index (χ4n) is 1.87. The lowest BCUT2D eigenvalue weighted by molar-refractivity contribution is 0.270. The molecular formula is C10H18N2S. The van der Waals surface area contributed by atoms with E-state index in [1.807, 2.05) is 0 Å². The highest BCUT2D eigenvalue weighted by Crippen LogP contribution is 2.20. The zero-order valence-corrected chi connectivity index (χ0v) is 9.07. The molecule has 0 unspecified atom stereocenters. The maximum Gasteiger partial charge on any atom is 0.169 e. The topological polar surface area (TPSA) is 15.3 Å². The van der Waals surface area contributed by atoms with Crippen molar-refractivity contribution in [2.45, 2.75) is 38.6 Å². The third-order valence-corrected chi connectivity index (χ3v) is 3.23. The van der Waals surface area contributed by atoms with Crippen LogP contribution in [-0.2, 0) is 0 Å².